The summed E-state index contributed by atoms with van der Waals surface area (Å²) < 4.78 is 13.2. The van der Waals surface area contributed by atoms with E-state index in [4.69, 9.17) is 0 Å². The number of imidazole rings is 1. The van der Waals surface area contributed by atoms with Gasteiger partial charge in [0.1, 0.15) is 11.6 Å². The number of nitrogens with zero attached hydrogens (tertiary/aromatic N) is 2. The number of aromatic amines is 1. The van der Waals surface area contributed by atoms with Gasteiger partial charge in [0.2, 0.25) is 0 Å². The van der Waals surface area contributed by atoms with E-state index in [9.17, 15) is 4.39 Å². The van der Waals surface area contributed by atoms with Gasteiger partial charge in [-0.15, -0.1) is 0 Å². The molecule has 0 unspecified atom stereocenters. The maximum atomic E-state index is 13.2. The van der Waals surface area contributed by atoms with Crippen LogP contribution >= 0.6 is 11.8 Å². The summed E-state index contributed by atoms with van der Waals surface area (Å²) in [6.45, 7) is 2.83. The molecule has 0 aliphatic heterocycles. The molecule has 3 aromatic rings. The minimum atomic E-state index is -0.252. The van der Waals surface area contributed by atoms with Crippen LogP contribution in [0.4, 0.5) is 10.2 Å². The summed E-state index contributed by atoms with van der Waals surface area (Å²) in [4.78, 5) is 12.3. The predicted octanol–water partition coefficient (Wildman–Crippen LogP) is 4.43. The first-order valence-electron chi connectivity index (χ1n) is 7.31. The van der Waals surface area contributed by atoms with Crippen molar-refractivity contribution in [2.24, 2.45) is 0 Å². The average Bonchev–Trinajstić information content (AvgIpc) is 3.00. The third-order valence-electron chi connectivity index (χ3n) is 3.40. The molecule has 6 heteroatoms. The second-order valence-corrected chi connectivity index (χ2v) is 5.73. The Bertz CT molecular complexity index is 799. The smallest absolute Gasteiger partial charge is 0.166 e. The third-order valence-corrected chi connectivity index (χ3v) is 3.98. The minimum absolute atomic E-state index is 0.252. The van der Waals surface area contributed by atoms with Crippen molar-refractivity contribution in [1.82, 2.24) is 15.0 Å². The number of thioether (sulfide) groups is 1. The van der Waals surface area contributed by atoms with Gasteiger partial charge in [-0.1, -0.05) is 11.8 Å². The molecule has 0 aliphatic carbocycles. The number of pyridine rings is 1. The van der Waals surface area contributed by atoms with Gasteiger partial charge in [-0.3, -0.25) is 0 Å². The van der Waals surface area contributed by atoms with Gasteiger partial charge in [-0.2, -0.15) is 0 Å². The van der Waals surface area contributed by atoms with Crippen molar-refractivity contribution in [2.75, 3.05) is 18.1 Å². The van der Waals surface area contributed by atoms with Crippen molar-refractivity contribution in [3.05, 3.63) is 48.4 Å². The Hall–Kier alpha value is -2.34. The first kappa shape index (κ1) is 15.6. The number of hydrogen-bond acceptors (Lipinski definition) is 4. The van der Waals surface area contributed by atoms with Crippen molar-refractivity contribution in [1.29, 1.82) is 0 Å². The van der Waals surface area contributed by atoms with Crippen LogP contribution in [0.5, 0.6) is 0 Å². The Labute approximate surface area is 138 Å². The van der Waals surface area contributed by atoms with Crippen molar-refractivity contribution >= 4 is 17.6 Å². The van der Waals surface area contributed by atoms with Gasteiger partial charge < -0.3 is 10.3 Å². The number of nitrogens with one attached hydrogen (secondary N) is 2. The Morgan fingerprint density at radius 2 is 1.96 bits per heavy atom. The predicted molar refractivity (Wildman–Crippen MR) is 93.2 cm³/mol. The number of hydrogen-bond donors (Lipinski definition) is 2. The first-order chi connectivity index (χ1) is 11.2. The summed E-state index contributed by atoms with van der Waals surface area (Å²) in [6, 6.07) is 10.3. The topological polar surface area (TPSA) is 53.6 Å². The molecule has 3 rings (SSSR count). The maximum Gasteiger partial charge on any atom is 0.166 e. The van der Waals surface area contributed by atoms with Crippen LogP contribution in [-0.2, 0) is 0 Å². The second-order valence-electron chi connectivity index (χ2n) is 4.94. The van der Waals surface area contributed by atoms with Crippen LogP contribution in [0, 0.1) is 5.82 Å². The maximum absolute atomic E-state index is 13.2. The van der Waals surface area contributed by atoms with Crippen molar-refractivity contribution < 1.29 is 4.39 Å². The average molecular weight is 328 g/mol. The number of halogens is 1. The molecular weight excluding hydrogens is 311 g/mol. The highest BCUT2D eigenvalue weighted by atomic mass is 32.2. The number of anilines is 1. The van der Waals surface area contributed by atoms with E-state index in [1.54, 1.807) is 18.3 Å². The normalized spacial score (nSPS) is 10.7. The molecule has 0 amide bonds. The van der Waals surface area contributed by atoms with E-state index < -0.39 is 0 Å². The molecule has 0 saturated heterocycles. The number of benzene rings is 1. The highest BCUT2D eigenvalue weighted by Gasteiger charge is 2.14. The monoisotopic (exact) mass is 328 g/mol. The summed E-state index contributed by atoms with van der Waals surface area (Å²) in [5, 5.41) is 4.02. The minimum Gasteiger partial charge on any atom is -0.370 e. The van der Waals surface area contributed by atoms with E-state index in [1.807, 2.05) is 25.3 Å². The van der Waals surface area contributed by atoms with Crippen LogP contribution < -0.4 is 5.32 Å². The fourth-order valence-electron chi connectivity index (χ4n) is 2.34. The quantitative estimate of drug-likeness (QED) is 0.680. The van der Waals surface area contributed by atoms with Gasteiger partial charge >= 0.3 is 0 Å². The zero-order valence-electron chi connectivity index (χ0n) is 12.9. The van der Waals surface area contributed by atoms with Gasteiger partial charge in [0.25, 0.3) is 0 Å². The fourth-order valence-corrected chi connectivity index (χ4v) is 2.72. The SMILES string of the molecule is CCNc1cc(-c2nc(SC)[nH]c2-c2ccc(F)cc2)ccn1. The molecule has 2 N–H and O–H groups in total. The fraction of sp³-hybridized carbons (Fsp3) is 0.176. The van der Waals surface area contributed by atoms with E-state index in [0.717, 1.165) is 40.0 Å². The van der Waals surface area contributed by atoms with Gasteiger partial charge in [0.15, 0.2) is 5.16 Å². The van der Waals surface area contributed by atoms with Gasteiger partial charge in [0, 0.05) is 23.9 Å². The molecule has 4 nitrogen and oxygen atoms in total. The van der Waals surface area contributed by atoms with Gasteiger partial charge in [-0.05, 0) is 49.6 Å². The lowest BCUT2D eigenvalue weighted by molar-refractivity contribution is 0.628. The summed E-state index contributed by atoms with van der Waals surface area (Å²) in [5.41, 5.74) is 3.58. The van der Waals surface area contributed by atoms with Crippen LogP contribution in [0.3, 0.4) is 0 Å². The molecule has 0 atom stereocenters. The molecule has 0 bridgehead atoms. The summed E-state index contributed by atoms with van der Waals surface area (Å²) in [6.07, 6.45) is 3.73. The lowest BCUT2D eigenvalue weighted by Crippen LogP contribution is -1.98. The Morgan fingerprint density at radius 1 is 1.17 bits per heavy atom. The van der Waals surface area contributed by atoms with Crippen molar-refractivity contribution in [2.45, 2.75) is 12.1 Å². The Balaban J connectivity index is 2.09. The summed E-state index contributed by atoms with van der Waals surface area (Å²) in [5.74, 6) is 0.557. The van der Waals surface area contributed by atoms with Crippen LogP contribution in [0.1, 0.15) is 6.92 Å². The number of aromatic nitrogens is 3. The number of rotatable bonds is 5. The lowest BCUT2D eigenvalue weighted by atomic mass is 10.1. The zero-order valence-corrected chi connectivity index (χ0v) is 13.7. The molecule has 0 radical (unpaired) electrons. The molecule has 1 aromatic carbocycles. The lowest BCUT2D eigenvalue weighted by Gasteiger charge is -2.06. The van der Waals surface area contributed by atoms with Crippen molar-refractivity contribution in [3.8, 4) is 22.5 Å². The van der Waals surface area contributed by atoms with Crippen LogP contribution in [0.15, 0.2) is 47.8 Å². The van der Waals surface area contributed by atoms with Gasteiger partial charge in [0.05, 0.1) is 11.4 Å². The molecule has 23 heavy (non-hydrogen) atoms. The van der Waals surface area contributed by atoms with E-state index >= 15 is 0 Å². The molecule has 2 aromatic heterocycles. The van der Waals surface area contributed by atoms with Crippen LogP contribution in [-0.4, -0.2) is 27.8 Å². The highest BCUT2D eigenvalue weighted by molar-refractivity contribution is 7.98. The molecule has 2 heterocycles. The Morgan fingerprint density at radius 3 is 2.65 bits per heavy atom. The molecule has 0 saturated carbocycles. The molecule has 0 aliphatic rings. The zero-order chi connectivity index (χ0) is 16.2. The third kappa shape index (κ3) is 3.37. The van der Waals surface area contributed by atoms with Crippen molar-refractivity contribution in [3.63, 3.8) is 0 Å². The van der Waals surface area contributed by atoms with E-state index in [2.05, 4.69) is 20.3 Å². The van der Waals surface area contributed by atoms with Crippen LogP contribution in [0.25, 0.3) is 22.5 Å². The largest absolute Gasteiger partial charge is 0.370 e. The molecular formula is C17H17FN4S. The van der Waals surface area contributed by atoms with E-state index in [-0.39, 0.29) is 5.82 Å². The summed E-state index contributed by atoms with van der Waals surface area (Å²) >= 11 is 1.54. The van der Waals surface area contributed by atoms with Crippen LogP contribution in [0.2, 0.25) is 0 Å². The van der Waals surface area contributed by atoms with E-state index in [0.29, 0.717) is 0 Å². The molecule has 0 spiro atoms. The molecule has 0 fully saturated rings. The van der Waals surface area contributed by atoms with E-state index in [1.165, 1.54) is 23.9 Å². The highest BCUT2D eigenvalue weighted by Crippen LogP contribution is 2.32. The standard InChI is InChI=1S/C17H17FN4S/c1-3-19-14-10-12(8-9-20-14)16-15(21-17(22-16)23-2)11-4-6-13(18)7-5-11/h4-10H,3H2,1-2H3,(H,19,20)(H,21,22). The Kier molecular flexibility index (Phi) is 4.62. The van der Waals surface area contributed by atoms with Gasteiger partial charge in [-0.25, -0.2) is 14.4 Å². The summed E-state index contributed by atoms with van der Waals surface area (Å²) in [7, 11) is 0. The number of H-pyrrole nitrogens is 1. The second kappa shape index (κ2) is 6.83. The first-order valence-corrected chi connectivity index (χ1v) is 8.54. The molecule has 118 valence electrons.